The molecule has 2 rings (SSSR count). The minimum absolute atomic E-state index is 0.328. The molecule has 0 saturated heterocycles. The number of nitrogens with one attached hydrogen (secondary N) is 1. The van der Waals surface area contributed by atoms with E-state index in [1.54, 1.807) is 12.1 Å². The highest BCUT2D eigenvalue weighted by atomic mass is 32.2. The van der Waals surface area contributed by atoms with Gasteiger partial charge in [0, 0.05) is 6.54 Å². The average Bonchev–Trinajstić information content (AvgIpc) is 2.54. The van der Waals surface area contributed by atoms with Crippen LogP contribution in [0.15, 0.2) is 47.4 Å². The van der Waals surface area contributed by atoms with E-state index >= 15 is 0 Å². The first-order valence-electron chi connectivity index (χ1n) is 7.77. The van der Waals surface area contributed by atoms with E-state index in [1.807, 2.05) is 30.3 Å². The Hall–Kier alpha value is -1.43. The lowest BCUT2D eigenvalue weighted by Crippen LogP contribution is -2.30. The Kier molecular flexibility index (Phi) is 5.94. The van der Waals surface area contributed by atoms with Gasteiger partial charge in [0.15, 0.2) is 0 Å². The molecule has 5 heteroatoms. The van der Waals surface area contributed by atoms with Crippen molar-refractivity contribution in [3.63, 3.8) is 0 Å². The molecule has 2 aromatic carbocycles. The summed E-state index contributed by atoms with van der Waals surface area (Å²) in [5.41, 5.74) is 0. The van der Waals surface area contributed by atoms with Gasteiger partial charge >= 0.3 is 0 Å². The van der Waals surface area contributed by atoms with Gasteiger partial charge in [-0.1, -0.05) is 44.2 Å². The van der Waals surface area contributed by atoms with Gasteiger partial charge in [0.1, 0.15) is 0 Å². The monoisotopic (exact) mass is 320 g/mol. The number of hydrogen-bond acceptors (Lipinski definition) is 3. The lowest BCUT2D eigenvalue weighted by molar-refractivity contribution is 0.300. The van der Waals surface area contributed by atoms with Gasteiger partial charge < -0.3 is 4.90 Å². The lowest BCUT2D eigenvalue weighted by atomic mass is 10.1. The molecule has 4 nitrogen and oxygen atoms in total. The van der Waals surface area contributed by atoms with E-state index in [0.29, 0.717) is 11.4 Å². The summed E-state index contributed by atoms with van der Waals surface area (Å²) in [4.78, 5) is 2.61. The van der Waals surface area contributed by atoms with E-state index < -0.39 is 10.0 Å². The quantitative estimate of drug-likeness (QED) is 0.761. The van der Waals surface area contributed by atoms with Gasteiger partial charge in [-0.3, -0.25) is 0 Å². The van der Waals surface area contributed by atoms with Crippen LogP contribution < -0.4 is 4.72 Å². The number of benzene rings is 2. The fourth-order valence-electron chi connectivity index (χ4n) is 2.47. The molecule has 0 aromatic heterocycles. The Balaban J connectivity index is 1.99. The van der Waals surface area contributed by atoms with Crippen LogP contribution in [0, 0.1) is 0 Å². The van der Waals surface area contributed by atoms with Crippen LogP contribution in [0.1, 0.15) is 20.3 Å². The maximum Gasteiger partial charge on any atom is 0.240 e. The van der Waals surface area contributed by atoms with Crippen LogP contribution in [0.3, 0.4) is 0 Å². The molecule has 0 heterocycles. The highest BCUT2D eigenvalue weighted by Crippen LogP contribution is 2.18. The molecule has 0 fully saturated rings. The zero-order valence-electron chi connectivity index (χ0n) is 13.2. The number of fused-ring (bicyclic) bond motifs is 1. The van der Waals surface area contributed by atoms with E-state index in [0.717, 1.165) is 36.8 Å². The third-order valence-electron chi connectivity index (χ3n) is 3.87. The molecular weight excluding hydrogens is 296 g/mol. The number of hydrogen-bond donors (Lipinski definition) is 1. The van der Waals surface area contributed by atoms with Crippen molar-refractivity contribution >= 4 is 20.8 Å². The molecule has 0 atom stereocenters. The fourth-order valence-corrected chi connectivity index (χ4v) is 3.58. The van der Waals surface area contributed by atoms with Crippen LogP contribution in [0.5, 0.6) is 0 Å². The normalized spacial score (nSPS) is 12.1. The summed E-state index contributed by atoms with van der Waals surface area (Å²) in [5, 5.41) is 1.98. The summed E-state index contributed by atoms with van der Waals surface area (Å²) in [6.45, 7) is 7.59. The van der Waals surface area contributed by atoms with Crippen molar-refractivity contribution in [1.29, 1.82) is 0 Å². The summed E-state index contributed by atoms with van der Waals surface area (Å²) >= 11 is 0. The van der Waals surface area contributed by atoms with E-state index in [1.165, 1.54) is 0 Å². The first-order chi connectivity index (χ1) is 10.6. The third-order valence-corrected chi connectivity index (χ3v) is 5.33. The molecule has 22 heavy (non-hydrogen) atoms. The van der Waals surface area contributed by atoms with Crippen molar-refractivity contribution < 1.29 is 8.42 Å². The second-order valence-electron chi connectivity index (χ2n) is 5.29. The van der Waals surface area contributed by atoms with Gasteiger partial charge in [0.2, 0.25) is 10.0 Å². The highest BCUT2D eigenvalue weighted by molar-refractivity contribution is 7.89. The molecule has 0 aliphatic rings. The van der Waals surface area contributed by atoms with E-state index in [9.17, 15) is 8.42 Å². The molecule has 0 aliphatic heterocycles. The van der Waals surface area contributed by atoms with E-state index in [2.05, 4.69) is 23.5 Å². The van der Waals surface area contributed by atoms with Gasteiger partial charge in [0.05, 0.1) is 4.90 Å². The largest absolute Gasteiger partial charge is 0.304 e. The summed E-state index contributed by atoms with van der Waals surface area (Å²) in [6, 6.07) is 13.0. The molecule has 0 bridgehead atoms. The van der Waals surface area contributed by atoms with Crippen LogP contribution >= 0.6 is 0 Å². The second kappa shape index (κ2) is 7.72. The fraction of sp³-hybridized carbons (Fsp3) is 0.412. The van der Waals surface area contributed by atoms with Crippen molar-refractivity contribution in [2.45, 2.75) is 25.2 Å². The van der Waals surface area contributed by atoms with Crippen LogP contribution in [-0.4, -0.2) is 39.5 Å². The Morgan fingerprint density at radius 1 is 1.00 bits per heavy atom. The van der Waals surface area contributed by atoms with E-state index in [4.69, 9.17) is 0 Å². The zero-order chi connectivity index (χ0) is 16.0. The first kappa shape index (κ1) is 16.9. The maximum absolute atomic E-state index is 12.3. The van der Waals surface area contributed by atoms with Crippen molar-refractivity contribution in [3.8, 4) is 0 Å². The van der Waals surface area contributed by atoms with Crippen molar-refractivity contribution in [1.82, 2.24) is 9.62 Å². The summed E-state index contributed by atoms with van der Waals surface area (Å²) in [5.74, 6) is 0. The standard InChI is InChI=1S/C17H24N2O2S/c1-3-19(4-2)13-7-12-18-22(20,21)17-11-10-15-8-5-6-9-16(15)14-17/h5-6,8-11,14,18H,3-4,7,12-13H2,1-2H3. The Labute approximate surface area is 133 Å². The summed E-state index contributed by atoms with van der Waals surface area (Å²) in [7, 11) is -3.43. The number of sulfonamides is 1. The van der Waals surface area contributed by atoms with Crippen molar-refractivity contribution in [2.24, 2.45) is 0 Å². The van der Waals surface area contributed by atoms with Crippen molar-refractivity contribution in [3.05, 3.63) is 42.5 Å². The minimum Gasteiger partial charge on any atom is -0.304 e. The number of rotatable bonds is 8. The molecule has 0 unspecified atom stereocenters. The van der Waals surface area contributed by atoms with Gasteiger partial charge in [-0.2, -0.15) is 0 Å². The molecular formula is C17H24N2O2S. The van der Waals surface area contributed by atoms with Crippen LogP contribution in [0.4, 0.5) is 0 Å². The van der Waals surface area contributed by atoms with Gasteiger partial charge in [-0.05, 0) is 49.0 Å². The molecule has 0 aliphatic carbocycles. The van der Waals surface area contributed by atoms with Crippen molar-refractivity contribution in [2.75, 3.05) is 26.2 Å². The van der Waals surface area contributed by atoms with Gasteiger partial charge in [-0.25, -0.2) is 13.1 Å². The predicted octanol–water partition coefficient (Wildman–Crippen LogP) is 2.85. The molecule has 0 amide bonds. The topological polar surface area (TPSA) is 49.4 Å². The third kappa shape index (κ3) is 4.29. The maximum atomic E-state index is 12.3. The van der Waals surface area contributed by atoms with Crippen LogP contribution in [-0.2, 0) is 10.0 Å². The van der Waals surface area contributed by atoms with E-state index in [-0.39, 0.29) is 0 Å². The first-order valence-corrected chi connectivity index (χ1v) is 9.26. The van der Waals surface area contributed by atoms with Gasteiger partial charge in [0.25, 0.3) is 0 Å². The zero-order valence-corrected chi connectivity index (χ0v) is 14.1. The second-order valence-corrected chi connectivity index (χ2v) is 7.05. The minimum atomic E-state index is -3.43. The average molecular weight is 320 g/mol. The molecule has 120 valence electrons. The molecule has 0 spiro atoms. The molecule has 0 radical (unpaired) electrons. The van der Waals surface area contributed by atoms with Crippen LogP contribution in [0.2, 0.25) is 0 Å². The lowest BCUT2D eigenvalue weighted by Gasteiger charge is -2.17. The van der Waals surface area contributed by atoms with Gasteiger partial charge in [-0.15, -0.1) is 0 Å². The summed E-state index contributed by atoms with van der Waals surface area (Å²) in [6.07, 6.45) is 0.814. The molecule has 0 saturated carbocycles. The van der Waals surface area contributed by atoms with Crippen LogP contribution in [0.25, 0.3) is 10.8 Å². The number of nitrogens with zero attached hydrogens (tertiary/aromatic N) is 1. The molecule has 2 aromatic rings. The Morgan fingerprint density at radius 2 is 1.68 bits per heavy atom. The highest BCUT2D eigenvalue weighted by Gasteiger charge is 2.13. The molecule has 1 N–H and O–H groups in total. The SMILES string of the molecule is CCN(CC)CCCNS(=O)(=O)c1ccc2ccccc2c1. The summed E-state index contributed by atoms with van der Waals surface area (Å²) < 4.78 is 27.4. The predicted molar refractivity (Wildman–Crippen MR) is 91.5 cm³/mol. The Bertz CT molecular complexity index is 709. The smallest absolute Gasteiger partial charge is 0.240 e. The Morgan fingerprint density at radius 3 is 2.36 bits per heavy atom.